The van der Waals surface area contributed by atoms with Crippen LogP contribution in [-0.4, -0.2) is 63.3 Å². The standard InChI is InChI=1S/C20H27ClO6/c1-9(7-22)13-14(21)16-20(27-16)18(2)5-3-10-11(8-26-17(10)24)12(18)4-6-19(20,25)15(13)23/h9,12-16,22-23,25H,3-8H2,1-2H3/t9?,12?,13?,14?,15-,16+,18+,19?,20-/m1/s1. The lowest BCUT2D eigenvalue weighted by molar-refractivity contribution is -0.220. The molecular weight excluding hydrogens is 372 g/mol. The van der Waals surface area contributed by atoms with Crippen molar-refractivity contribution in [1.82, 2.24) is 0 Å². The number of rotatable bonds is 2. The predicted octanol–water partition coefficient (Wildman–Crippen LogP) is 1.15. The second-order valence-electron chi connectivity index (χ2n) is 9.41. The summed E-state index contributed by atoms with van der Waals surface area (Å²) in [6.45, 7) is 4.18. The molecule has 3 N–H and O–H groups in total. The Balaban J connectivity index is 1.59. The van der Waals surface area contributed by atoms with E-state index < -0.39 is 34.0 Å². The number of fused-ring (bicyclic) bond motifs is 2. The summed E-state index contributed by atoms with van der Waals surface area (Å²) < 4.78 is 11.5. The number of cyclic esters (lactones) is 1. The Morgan fingerprint density at radius 1 is 1.37 bits per heavy atom. The summed E-state index contributed by atoms with van der Waals surface area (Å²) in [5.74, 6) is -0.798. The second kappa shape index (κ2) is 5.48. The number of carbonyl (C=O) groups excluding carboxylic acids is 1. The highest BCUT2D eigenvalue weighted by molar-refractivity contribution is 6.21. The number of hydrogen-bond donors (Lipinski definition) is 3. The largest absolute Gasteiger partial charge is 0.458 e. The van der Waals surface area contributed by atoms with Gasteiger partial charge >= 0.3 is 5.97 Å². The lowest BCUT2D eigenvalue weighted by atomic mass is 9.45. The molecule has 0 radical (unpaired) electrons. The van der Waals surface area contributed by atoms with Gasteiger partial charge in [-0.2, -0.15) is 0 Å². The van der Waals surface area contributed by atoms with Gasteiger partial charge in [0, 0.05) is 23.5 Å². The van der Waals surface area contributed by atoms with Crippen molar-refractivity contribution < 1.29 is 29.6 Å². The molecule has 150 valence electrons. The molecule has 1 saturated heterocycles. The van der Waals surface area contributed by atoms with E-state index >= 15 is 0 Å². The molecule has 6 nitrogen and oxygen atoms in total. The maximum Gasteiger partial charge on any atom is 0.334 e. The lowest BCUT2D eigenvalue weighted by Crippen LogP contribution is -2.73. The number of alkyl halides is 1. The third-order valence-electron chi connectivity index (χ3n) is 8.49. The Labute approximate surface area is 163 Å². The van der Waals surface area contributed by atoms with E-state index in [9.17, 15) is 20.1 Å². The molecule has 27 heavy (non-hydrogen) atoms. The monoisotopic (exact) mass is 398 g/mol. The summed E-state index contributed by atoms with van der Waals surface area (Å²) in [7, 11) is 0. The first-order valence-corrected chi connectivity index (χ1v) is 10.4. The molecule has 9 atom stereocenters. The van der Waals surface area contributed by atoms with Crippen LogP contribution in [0.2, 0.25) is 0 Å². The van der Waals surface area contributed by atoms with Gasteiger partial charge in [0.15, 0.2) is 0 Å². The maximum absolute atomic E-state index is 12.0. The van der Waals surface area contributed by atoms with Crippen LogP contribution >= 0.6 is 11.6 Å². The molecular formula is C20H27ClO6. The summed E-state index contributed by atoms with van der Waals surface area (Å²) in [6.07, 6.45) is 0.934. The van der Waals surface area contributed by atoms with Crippen LogP contribution in [0.4, 0.5) is 0 Å². The first-order chi connectivity index (χ1) is 12.7. The highest BCUT2D eigenvalue weighted by atomic mass is 35.5. The molecule has 2 saturated carbocycles. The number of aliphatic hydroxyl groups is 3. The van der Waals surface area contributed by atoms with Crippen molar-refractivity contribution in [3.05, 3.63) is 11.1 Å². The number of epoxide rings is 1. The predicted molar refractivity (Wildman–Crippen MR) is 96.0 cm³/mol. The van der Waals surface area contributed by atoms with Crippen LogP contribution in [-0.2, 0) is 14.3 Å². The normalized spacial score (nSPS) is 54.4. The molecule has 0 aromatic heterocycles. The molecule has 0 amide bonds. The van der Waals surface area contributed by atoms with Crippen LogP contribution in [0.25, 0.3) is 0 Å². The fourth-order valence-electron chi connectivity index (χ4n) is 7.02. The van der Waals surface area contributed by atoms with Gasteiger partial charge in [-0.05, 0) is 43.1 Å². The molecule has 0 aromatic carbocycles. The van der Waals surface area contributed by atoms with Gasteiger partial charge < -0.3 is 24.8 Å². The van der Waals surface area contributed by atoms with Crippen molar-refractivity contribution in [2.24, 2.45) is 23.2 Å². The van der Waals surface area contributed by atoms with Crippen molar-refractivity contribution in [3.8, 4) is 0 Å². The van der Waals surface area contributed by atoms with E-state index in [-0.39, 0.29) is 30.5 Å². The zero-order chi connectivity index (χ0) is 19.4. The fraction of sp³-hybridized carbons (Fsp3) is 0.850. The molecule has 3 aliphatic carbocycles. The number of halogens is 1. The van der Waals surface area contributed by atoms with E-state index in [1.165, 1.54) is 0 Å². The SMILES string of the molecule is CC(CO)C1C(Cl)[C@@H]2O[C@]23C(O)(CCC2C4=C(CC[C@@]23C)C(=O)OC4)[C@@H]1O. The highest BCUT2D eigenvalue weighted by Gasteiger charge is 2.86. The summed E-state index contributed by atoms with van der Waals surface area (Å²) in [5.41, 5.74) is -0.888. The number of esters is 1. The average Bonchev–Trinajstić information content (AvgIpc) is 3.32. The molecule has 5 aliphatic rings. The fourth-order valence-corrected chi connectivity index (χ4v) is 7.63. The van der Waals surface area contributed by atoms with E-state index in [0.29, 0.717) is 32.3 Å². The number of ether oxygens (including phenoxy) is 2. The van der Waals surface area contributed by atoms with E-state index in [1.54, 1.807) is 0 Å². The van der Waals surface area contributed by atoms with Crippen LogP contribution < -0.4 is 0 Å². The third-order valence-corrected chi connectivity index (χ3v) is 9.01. The average molecular weight is 399 g/mol. The Hall–Kier alpha value is -0.660. The van der Waals surface area contributed by atoms with Crippen LogP contribution in [0.3, 0.4) is 0 Å². The van der Waals surface area contributed by atoms with Crippen LogP contribution in [0.5, 0.6) is 0 Å². The van der Waals surface area contributed by atoms with Crippen molar-refractivity contribution >= 4 is 17.6 Å². The van der Waals surface area contributed by atoms with E-state index in [4.69, 9.17) is 21.1 Å². The quantitative estimate of drug-likeness (QED) is 0.366. The molecule has 0 aromatic rings. The van der Waals surface area contributed by atoms with Gasteiger partial charge in [0.25, 0.3) is 0 Å². The Morgan fingerprint density at radius 2 is 2.11 bits per heavy atom. The number of hydrogen-bond acceptors (Lipinski definition) is 6. The van der Waals surface area contributed by atoms with Crippen LogP contribution in [0.1, 0.15) is 39.5 Å². The minimum Gasteiger partial charge on any atom is -0.458 e. The van der Waals surface area contributed by atoms with E-state index in [2.05, 4.69) is 6.92 Å². The maximum atomic E-state index is 12.0. The molecule has 0 bridgehead atoms. The van der Waals surface area contributed by atoms with Gasteiger partial charge in [-0.3, -0.25) is 0 Å². The molecule has 7 heteroatoms. The zero-order valence-electron chi connectivity index (χ0n) is 15.7. The molecule has 1 spiro atoms. The van der Waals surface area contributed by atoms with Crippen molar-refractivity contribution in [2.45, 2.75) is 68.3 Å². The first kappa shape index (κ1) is 18.4. The Bertz CT molecular complexity index is 738. The summed E-state index contributed by atoms with van der Waals surface area (Å²) >= 11 is 6.75. The molecule has 2 aliphatic heterocycles. The van der Waals surface area contributed by atoms with Gasteiger partial charge in [-0.15, -0.1) is 11.6 Å². The second-order valence-corrected chi connectivity index (χ2v) is 9.92. The van der Waals surface area contributed by atoms with Crippen molar-refractivity contribution in [1.29, 1.82) is 0 Å². The summed E-state index contributed by atoms with van der Waals surface area (Å²) in [5, 5.41) is 32.1. The van der Waals surface area contributed by atoms with E-state index in [0.717, 1.165) is 11.1 Å². The lowest BCUT2D eigenvalue weighted by Gasteiger charge is -2.60. The van der Waals surface area contributed by atoms with Gasteiger partial charge in [-0.25, -0.2) is 4.79 Å². The molecule has 5 rings (SSSR count). The summed E-state index contributed by atoms with van der Waals surface area (Å²) in [4.78, 5) is 12.0. The zero-order valence-corrected chi connectivity index (χ0v) is 16.4. The van der Waals surface area contributed by atoms with Gasteiger partial charge in [0.2, 0.25) is 0 Å². The van der Waals surface area contributed by atoms with Crippen LogP contribution in [0, 0.1) is 23.2 Å². The third kappa shape index (κ3) is 1.90. The molecule has 3 fully saturated rings. The highest BCUT2D eigenvalue weighted by Crippen LogP contribution is 2.74. The minimum absolute atomic E-state index is 0.0841. The van der Waals surface area contributed by atoms with Gasteiger partial charge in [-0.1, -0.05) is 13.8 Å². The topological polar surface area (TPSA) is 99.5 Å². The van der Waals surface area contributed by atoms with Crippen LogP contribution in [0.15, 0.2) is 11.1 Å². The molecule has 2 heterocycles. The smallest absolute Gasteiger partial charge is 0.334 e. The summed E-state index contributed by atoms with van der Waals surface area (Å²) in [6, 6.07) is 0. The molecule has 5 unspecified atom stereocenters. The minimum atomic E-state index is -1.40. The van der Waals surface area contributed by atoms with Crippen molar-refractivity contribution in [2.75, 3.05) is 13.2 Å². The van der Waals surface area contributed by atoms with E-state index in [1.807, 2.05) is 6.92 Å². The first-order valence-electron chi connectivity index (χ1n) is 9.95. The Kier molecular flexibility index (Phi) is 3.73. The van der Waals surface area contributed by atoms with Gasteiger partial charge in [0.05, 0.1) is 11.5 Å². The number of aliphatic hydroxyl groups excluding tert-OH is 2. The van der Waals surface area contributed by atoms with Crippen molar-refractivity contribution in [3.63, 3.8) is 0 Å². The van der Waals surface area contributed by atoms with Gasteiger partial charge in [0.1, 0.15) is 23.9 Å². The number of carbonyl (C=O) groups is 1. The Morgan fingerprint density at radius 3 is 2.81 bits per heavy atom.